The van der Waals surface area contributed by atoms with E-state index in [0.717, 1.165) is 5.69 Å². The number of hydrogen-bond acceptors (Lipinski definition) is 5. The Balaban J connectivity index is 0.000000463. The Bertz CT molecular complexity index is 656. The number of nitrogens with two attached hydrogens (primary N) is 1. The minimum Gasteiger partial charge on any atom is -0.379 e. The highest BCUT2D eigenvalue weighted by atomic mass is 32.2. The van der Waals surface area contributed by atoms with Crippen LogP contribution in [0.5, 0.6) is 0 Å². The monoisotopic (exact) mass is 363 g/mol. The zero-order chi connectivity index (χ0) is 17.6. The maximum absolute atomic E-state index is 12.8. The number of halogens is 1. The fourth-order valence-corrected chi connectivity index (χ4v) is 2.61. The number of nitrogens with one attached hydrogen (secondary N) is 1. The molecule has 1 heterocycles. The molecule has 0 aliphatic carbocycles. The van der Waals surface area contributed by atoms with Gasteiger partial charge in [-0.1, -0.05) is 11.8 Å². The molecule has 1 aliphatic rings. The number of amides is 1. The molecule has 1 aliphatic heterocycles. The summed E-state index contributed by atoms with van der Waals surface area (Å²) in [4.78, 5) is 13.5. The van der Waals surface area contributed by atoms with Crippen molar-refractivity contribution in [3.05, 3.63) is 30.1 Å². The number of anilines is 1. The van der Waals surface area contributed by atoms with Crippen molar-refractivity contribution in [3.63, 3.8) is 0 Å². The maximum atomic E-state index is 12.8. The summed E-state index contributed by atoms with van der Waals surface area (Å²) in [5.74, 6) is 0.583. The lowest BCUT2D eigenvalue weighted by atomic mass is 10.1. The van der Waals surface area contributed by atoms with Gasteiger partial charge in [0.1, 0.15) is 5.82 Å². The van der Waals surface area contributed by atoms with E-state index in [-0.39, 0.29) is 22.8 Å². The second-order valence-corrected chi connectivity index (χ2v) is 7.49. The average molecular weight is 363 g/mol. The fraction of sp³-hybridized carbons (Fsp3) is 0.385. The van der Waals surface area contributed by atoms with E-state index in [1.807, 2.05) is 0 Å². The SMILES string of the molecule is CS(=O)(=O)O.N=C(N)SCC1CC(=O)N(c2ccc(F)cc2)C1. The zero-order valence-electron chi connectivity index (χ0n) is 12.4. The van der Waals surface area contributed by atoms with Crippen LogP contribution in [-0.4, -0.2) is 42.6 Å². The first-order chi connectivity index (χ1) is 10.6. The van der Waals surface area contributed by atoms with Crippen molar-refractivity contribution in [2.45, 2.75) is 6.42 Å². The summed E-state index contributed by atoms with van der Waals surface area (Å²) in [6.07, 6.45) is 1.17. The number of carbonyl (C=O) groups is 1. The van der Waals surface area contributed by atoms with Crippen molar-refractivity contribution >= 4 is 38.6 Å². The molecule has 128 valence electrons. The molecule has 7 nitrogen and oxygen atoms in total. The third-order valence-corrected chi connectivity index (χ3v) is 3.77. The van der Waals surface area contributed by atoms with Gasteiger partial charge in [-0.15, -0.1) is 0 Å². The van der Waals surface area contributed by atoms with Crippen LogP contribution in [0.3, 0.4) is 0 Å². The largest absolute Gasteiger partial charge is 0.379 e. The van der Waals surface area contributed by atoms with Crippen LogP contribution in [0.2, 0.25) is 0 Å². The van der Waals surface area contributed by atoms with Crippen molar-refractivity contribution in [1.29, 1.82) is 5.41 Å². The second kappa shape index (κ2) is 8.27. The summed E-state index contributed by atoms with van der Waals surface area (Å²) in [5.41, 5.74) is 5.99. The Hall–Kier alpha value is -1.65. The first-order valence-corrected chi connectivity index (χ1v) is 9.35. The lowest BCUT2D eigenvalue weighted by Crippen LogP contribution is -2.24. The number of amidine groups is 1. The van der Waals surface area contributed by atoms with Crippen molar-refractivity contribution in [1.82, 2.24) is 0 Å². The molecule has 2 rings (SSSR count). The van der Waals surface area contributed by atoms with Crippen molar-refractivity contribution in [3.8, 4) is 0 Å². The van der Waals surface area contributed by atoms with E-state index in [9.17, 15) is 17.6 Å². The predicted molar refractivity (Wildman–Crippen MR) is 88.7 cm³/mol. The lowest BCUT2D eigenvalue weighted by Gasteiger charge is -2.16. The molecule has 1 aromatic carbocycles. The molecule has 0 radical (unpaired) electrons. The highest BCUT2D eigenvalue weighted by molar-refractivity contribution is 8.13. The molecule has 0 saturated carbocycles. The van der Waals surface area contributed by atoms with Crippen LogP contribution in [0.1, 0.15) is 6.42 Å². The van der Waals surface area contributed by atoms with Crippen LogP contribution in [0, 0.1) is 17.1 Å². The van der Waals surface area contributed by atoms with Gasteiger partial charge in [0.2, 0.25) is 5.91 Å². The van der Waals surface area contributed by atoms with Crippen LogP contribution in [0.25, 0.3) is 0 Å². The minimum atomic E-state index is -3.67. The van der Waals surface area contributed by atoms with Crippen molar-refractivity contribution < 1.29 is 22.2 Å². The molecule has 23 heavy (non-hydrogen) atoms. The van der Waals surface area contributed by atoms with Gasteiger partial charge in [0.05, 0.1) is 6.26 Å². The zero-order valence-corrected chi connectivity index (χ0v) is 14.0. The molecule has 1 fully saturated rings. The van der Waals surface area contributed by atoms with Crippen molar-refractivity contribution in [2.24, 2.45) is 11.7 Å². The Morgan fingerprint density at radius 1 is 1.48 bits per heavy atom. The van der Waals surface area contributed by atoms with Gasteiger partial charge < -0.3 is 10.6 Å². The Morgan fingerprint density at radius 2 is 2.00 bits per heavy atom. The topological polar surface area (TPSA) is 125 Å². The highest BCUT2D eigenvalue weighted by Gasteiger charge is 2.30. The van der Waals surface area contributed by atoms with E-state index in [0.29, 0.717) is 25.0 Å². The first kappa shape index (κ1) is 19.4. The van der Waals surface area contributed by atoms with E-state index in [2.05, 4.69) is 0 Å². The molecular formula is C13H18FN3O4S2. The fourth-order valence-electron chi connectivity index (χ4n) is 1.97. The molecule has 4 N–H and O–H groups in total. The van der Waals surface area contributed by atoms with Gasteiger partial charge in [0, 0.05) is 24.4 Å². The number of hydrogen-bond donors (Lipinski definition) is 3. The summed E-state index contributed by atoms with van der Waals surface area (Å²) in [6.45, 7) is 0.602. The number of nitrogens with zero attached hydrogens (tertiary/aromatic N) is 1. The lowest BCUT2D eigenvalue weighted by molar-refractivity contribution is -0.117. The molecule has 0 aromatic heterocycles. The highest BCUT2D eigenvalue weighted by Crippen LogP contribution is 2.27. The minimum absolute atomic E-state index is 0.0377. The quantitative estimate of drug-likeness (QED) is 0.422. The molecule has 1 unspecified atom stereocenters. The van der Waals surface area contributed by atoms with Gasteiger partial charge in [-0.3, -0.25) is 14.8 Å². The van der Waals surface area contributed by atoms with Gasteiger partial charge in [-0.25, -0.2) is 4.39 Å². The Kier molecular flexibility index (Phi) is 6.98. The maximum Gasteiger partial charge on any atom is 0.261 e. The number of thioether (sulfide) groups is 1. The summed E-state index contributed by atoms with van der Waals surface area (Å²) in [7, 11) is -3.67. The van der Waals surface area contributed by atoms with Crippen LogP contribution >= 0.6 is 11.8 Å². The standard InChI is InChI=1S/C12H14FN3OS.CH4O3S/c13-9-1-3-10(4-2-9)16-6-8(5-11(16)17)7-18-12(14)15;1-5(2,3)4/h1-4,8H,5-7H2,(H3,14,15);1H3,(H,2,3,4). The molecule has 1 aromatic rings. The van der Waals surface area contributed by atoms with Gasteiger partial charge in [0.15, 0.2) is 5.17 Å². The van der Waals surface area contributed by atoms with E-state index in [1.54, 1.807) is 17.0 Å². The second-order valence-electron chi connectivity index (χ2n) is 4.96. The average Bonchev–Trinajstić information content (AvgIpc) is 2.77. The summed E-state index contributed by atoms with van der Waals surface area (Å²) < 4.78 is 38.7. The van der Waals surface area contributed by atoms with Crippen LogP contribution in [0.15, 0.2) is 24.3 Å². The van der Waals surface area contributed by atoms with Gasteiger partial charge in [-0.2, -0.15) is 8.42 Å². The molecule has 0 spiro atoms. The summed E-state index contributed by atoms with van der Waals surface area (Å²) in [6, 6.07) is 5.90. The van der Waals surface area contributed by atoms with E-state index < -0.39 is 10.1 Å². The van der Waals surface area contributed by atoms with Crippen LogP contribution in [0.4, 0.5) is 10.1 Å². The van der Waals surface area contributed by atoms with Crippen molar-refractivity contribution in [2.75, 3.05) is 23.5 Å². The van der Waals surface area contributed by atoms with Crippen LogP contribution in [-0.2, 0) is 14.9 Å². The number of carbonyl (C=O) groups excluding carboxylic acids is 1. The summed E-state index contributed by atoms with van der Waals surface area (Å²) in [5, 5.41) is 7.22. The van der Waals surface area contributed by atoms with Gasteiger partial charge in [0.25, 0.3) is 10.1 Å². The Morgan fingerprint density at radius 3 is 2.48 bits per heavy atom. The molecular weight excluding hydrogens is 345 g/mol. The molecule has 1 amide bonds. The molecule has 10 heteroatoms. The summed E-state index contributed by atoms with van der Waals surface area (Å²) >= 11 is 1.25. The third-order valence-electron chi connectivity index (χ3n) is 2.82. The molecule has 0 bridgehead atoms. The number of benzene rings is 1. The van der Waals surface area contributed by atoms with Crippen LogP contribution < -0.4 is 10.6 Å². The van der Waals surface area contributed by atoms with E-state index in [4.69, 9.17) is 15.7 Å². The molecule has 1 atom stereocenters. The van der Waals surface area contributed by atoms with Gasteiger partial charge in [-0.05, 0) is 30.2 Å². The smallest absolute Gasteiger partial charge is 0.261 e. The normalized spacial score (nSPS) is 17.6. The van der Waals surface area contributed by atoms with Gasteiger partial charge >= 0.3 is 0 Å². The molecule has 1 saturated heterocycles. The Labute approximate surface area is 138 Å². The first-order valence-electron chi connectivity index (χ1n) is 6.51. The van der Waals surface area contributed by atoms with E-state index in [1.165, 1.54) is 23.9 Å². The van der Waals surface area contributed by atoms with E-state index >= 15 is 0 Å². The third kappa shape index (κ3) is 7.95. The number of rotatable bonds is 3. The predicted octanol–water partition coefficient (Wildman–Crippen LogP) is 1.31.